The number of ether oxygens (including phenoxy) is 1. The Kier molecular flexibility index (Phi) is 7.91. The van der Waals surface area contributed by atoms with Crippen LogP contribution in [0.2, 0.25) is 0 Å². The molecule has 1 fully saturated rings. The third kappa shape index (κ3) is 5.17. The number of nitrogens with zero attached hydrogens (tertiary/aromatic N) is 2. The number of hydrogen-bond acceptors (Lipinski definition) is 5. The molecule has 0 bridgehead atoms. The zero-order chi connectivity index (χ0) is 27.6. The van der Waals surface area contributed by atoms with Gasteiger partial charge >= 0.3 is 0 Å². The van der Waals surface area contributed by atoms with Gasteiger partial charge in [0.1, 0.15) is 11.5 Å². The van der Waals surface area contributed by atoms with E-state index in [4.69, 9.17) is 4.74 Å². The zero-order valence-electron chi connectivity index (χ0n) is 23.0. The molecule has 4 rings (SSSR count). The Hall–Kier alpha value is -4.06. The Morgan fingerprint density at radius 1 is 0.947 bits per heavy atom. The molecule has 0 aromatic heterocycles. The number of carbonyl (C=O) groups is 2. The minimum atomic E-state index is -0.768. The molecule has 6 heteroatoms. The third-order valence-electron chi connectivity index (χ3n) is 6.91. The average molecular weight is 513 g/mol. The van der Waals surface area contributed by atoms with Crippen LogP contribution in [0.5, 0.6) is 5.75 Å². The fraction of sp³-hybridized carbons (Fsp3) is 0.312. The summed E-state index contributed by atoms with van der Waals surface area (Å²) < 4.78 is 5.84. The second-order valence-corrected chi connectivity index (χ2v) is 9.92. The average Bonchev–Trinajstić information content (AvgIpc) is 3.16. The molecule has 3 aromatic rings. The van der Waals surface area contributed by atoms with Crippen molar-refractivity contribution in [1.82, 2.24) is 0 Å². The molecular weight excluding hydrogens is 476 g/mol. The van der Waals surface area contributed by atoms with Gasteiger partial charge in [0.25, 0.3) is 11.7 Å². The normalized spacial score (nSPS) is 16.8. The Morgan fingerprint density at radius 2 is 1.58 bits per heavy atom. The van der Waals surface area contributed by atoms with E-state index < -0.39 is 17.7 Å². The molecule has 1 saturated heterocycles. The number of aliphatic hydroxyl groups excluding tert-OH is 1. The van der Waals surface area contributed by atoms with Gasteiger partial charge in [-0.05, 0) is 95.1 Å². The van der Waals surface area contributed by atoms with E-state index in [9.17, 15) is 14.7 Å². The van der Waals surface area contributed by atoms with Gasteiger partial charge in [-0.15, -0.1) is 0 Å². The molecule has 1 N–H and O–H groups in total. The topological polar surface area (TPSA) is 70.1 Å². The van der Waals surface area contributed by atoms with Gasteiger partial charge in [0.15, 0.2) is 0 Å². The second kappa shape index (κ2) is 11.1. The highest BCUT2D eigenvalue weighted by atomic mass is 16.5. The maximum Gasteiger partial charge on any atom is 0.300 e. The lowest BCUT2D eigenvalue weighted by atomic mass is 9.94. The summed E-state index contributed by atoms with van der Waals surface area (Å²) in [5, 5.41) is 11.5. The number of carbonyl (C=O) groups excluding carboxylic acids is 2. The monoisotopic (exact) mass is 512 g/mol. The first-order chi connectivity index (χ1) is 18.2. The van der Waals surface area contributed by atoms with Crippen molar-refractivity contribution in [2.75, 3.05) is 22.9 Å². The predicted molar refractivity (Wildman–Crippen MR) is 153 cm³/mol. The van der Waals surface area contributed by atoms with E-state index >= 15 is 0 Å². The molecule has 1 atom stereocenters. The molecule has 1 amide bonds. The van der Waals surface area contributed by atoms with Crippen LogP contribution < -0.4 is 14.5 Å². The lowest BCUT2D eigenvalue weighted by molar-refractivity contribution is -0.132. The van der Waals surface area contributed by atoms with Crippen molar-refractivity contribution in [3.8, 4) is 5.75 Å². The SMILES string of the molecule is CCN(CC)c1ccc(C2/C(=C(/O)c3ccc(OC(C)C)c(C)c3)C(=O)C(=O)N2c2ccc(C)cc2)cc1. The molecule has 1 heterocycles. The van der Waals surface area contributed by atoms with Crippen LogP contribution in [0.25, 0.3) is 5.76 Å². The molecule has 3 aromatic carbocycles. The number of ketones is 1. The minimum Gasteiger partial charge on any atom is -0.507 e. The van der Waals surface area contributed by atoms with E-state index in [1.807, 2.05) is 76.2 Å². The number of hydrogen-bond donors (Lipinski definition) is 1. The first kappa shape index (κ1) is 27.0. The van der Waals surface area contributed by atoms with Gasteiger partial charge in [-0.2, -0.15) is 0 Å². The van der Waals surface area contributed by atoms with Crippen LogP contribution in [0.1, 0.15) is 56.0 Å². The Bertz CT molecular complexity index is 1350. The van der Waals surface area contributed by atoms with Crippen LogP contribution >= 0.6 is 0 Å². The molecule has 38 heavy (non-hydrogen) atoms. The molecule has 6 nitrogen and oxygen atoms in total. The van der Waals surface area contributed by atoms with Crippen molar-refractivity contribution in [1.29, 1.82) is 0 Å². The molecule has 1 aliphatic rings. The van der Waals surface area contributed by atoms with Crippen molar-refractivity contribution in [3.63, 3.8) is 0 Å². The summed E-state index contributed by atoms with van der Waals surface area (Å²) in [5.41, 5.74) is 4.82. The maximum atomic E-state index is 13.5. The minimum absolute atomic E-state index is 0.00675. The van der Waals surface area contributed by atoms with Crippen LogP contribution in [0.15, 0.2) is 72.3 Å². The Balaban J connectivity index is 1.87. The highest BCUT2D eigenvalue weighted by Crippen LogP contribution is 2.43. The smallest absolute Gasteiger partial charge is 0.300 e. The van der Waals surface area contributed by atoms with Gasteiger partial charge in [0.05, 0.1) is 17.7 Å². The summed E-state index contributed by atoms with van der Waals surface area (Å²) in [4.78, 5) is 30.6. The molecule has 1 unspecified atom stereocenters. The van der Waals surface area contributed by atoms with Crippen LogP contribution in [0.3, 0.4) is 0 Å². The first-order valence-corrected chi connectivity index (χ1v) is 13.2. The number of aliphatic hydroxyl groups is 1. The van der Waals surface area contributed by atoms with E-state index in [0.717, 1.165) is 35.5 Å². The summed E-state index contributed by atoms with van der Waals surface area (Å²) >= 11 is 0. The molecule has 0 aliphatic carbocycles. The second-order valence-electron chi connectivity index (χ2n) is 9.92. The van der Waals surface area contributed by atoms with Crippen molar-refractivity contribution < 1.29 is 19.4 Å². The summed E-state index contributed by atoms with van der Waals surface area (Å²) in [6.45, 7) is 13.7. The standard InChI is InChI=1S/C32H36N2O4/c1-7-33(8-2)25-16-11-23(12-17-25)29-28(30(35)24-13-18-27(22(6)19-24)38-20(3)4)31(36)32(37)34(29)26-14-9-21(5)10-15-26/h9-20,29,35H,7-8H2,1-6H3/b30-28-. The third-order valence-corrected chi connectivity index (χ3v) is 6.91. The fourth-order valence-corrected chi connectivity index (χ4v) is 4.91. The van der Waals surface area contributed by atoms with Crippen LogP contribution in [-0.4, -0.2) is 36.0 Å². The van der Waals surface area contributed by atoms with Gasteiger partial charge in [0.2, 0.25) is 0 Å². The number of anilines is 2. The van der Waals surface area contributed by atoms with Crippen molar-refractivity contribution in [3.05, 3.63) is 94.6 Å². The predicted octanol–water partition coefficient (Wildman–Crippen LogP) is 6.56. The summed E-state index contributed by atoms with van der Waals surface area (Å²) in [6, 6.07) is 19.9. The molecular formula is C32H36N2O4. The zero-order valence-corrected chi connectivity index (χ0v) is 23.0. The van der Waals surface area contributed by atoms with Crippen molar-refractivity contribution in [2.45, 2.75) is 53.7 Å². The largest absolute Gasteiger partial charge is 0.507 e. The van der Waals surface area contributed by atoms with Gasteiger partial charge < -0.3 is 14.7 Å². The van der Waals surface area contributed by atoms with E-state index in [1.54, 1.807) is 18.2 Å². The first-order valence-electron chi connectivity index (χ1n) is 13.2. The van der Waals surface area contributed by atoms with Crippen LogP contribution in [0.4, 0.5) is 11.4 Å². The molecule has 0 radical (unpaired) electrons. The van der Waals surface area contributed by atoms with Crippen molar-refractivity contribution in [2.24, 2.45) is 0 Å². The van der Waals surface area contributed by atoms with Crippen molar-refractivity contribution >= 4 is 28.8 Å². The Morgan fingerprint density at radius 3 is 2.13 bits per heavy atom. The molecule has 198 valence electrons. The summed E-state index contributed by atoms with van der Waals surface area (Å²) in [5.74, 6) is -0.860. The lowest BCUT2D eigenvalue weighted by Gasteiger charge is -2.27. The maximum absolute atomic E-state index is 13.5. The quantitative estimate of drug-likeness (QED) is 0.210. The highest BCUT2D eigenvalue weighted by Gasteiger charge is 2.47. The van der Waals surface area contributed by atoms with Crippen LogP contribution in [0, 0.1) is 13.8 Å². The van der Waals surface area contributed by atoms with E-state index in [2.05, 4.69) is 18.7 Å². The number of Topliss-reactive ketones (excluding diaryl/α,β-unsaturated/α-hetero) is 1. The summed E-state index contributed by atoms with van der Waals surface area (Å²) in [6.07, 6.45) is 0.00675. The fourth-order valence-electron chi connectivity index (χ4n) is 4.91. The van der Waals surface area contributed by atoms with E-state index in [1.165, 1.54) is 4.90 Å². The molecule has 1 aliphatic heterocycles. The number of rotatable bonds is 8. The van der Waals surface area contributed by atoms with Gasteiger partial charge in [-0.25, -0.2) is 0 Å². The van der Waals surface area contributed by atoms with Crippen LogP contribution in [-0.2, 0) is 9.59 Å². The van der Waals surface area contributed by atoms with E-state index in [-0.39, 0.29) is 17.4 Å². The van der Waals surface area contributed by atoms with Gasteiger partial charge in [-0.1, -0.05) is 29.8 Å². The van der Waals surface area contributed by atoms with E-state index in [0.29, 0.717) is 17.0 Å². The highest BCUT2D eigenvalue weighted by molar-refractivity contribution is 6.51. The van der Waals surface area contributed by atoms with Gasteiger partial charge in [0, 0.05) is 30.0 Å². The lowest BCUT2D eigenvalue weighted by Crippen LogP contribution is -2.29. The molecule has 0 saturated carbocycles. The summed E-state index contributed by atoms with van der Waals surface area (Å²) in [7, 11) is 0. The number of amides is 1. The number of aryl methyl sites for hydroxylation is 2. The Labute approximate surface area is 225 Å². The van der Waals surface area contributed by atoms with Gasteiger partial charge in [-0.3, -0.25) is 14.5 Å². The number of benzene rings is 3. The molecule has 0 spiro atoms.